The van der Waals surface area contributed by atoms with Gasteiger partial charge in [-0.05, 0) is 30.7 Å². The van der Waals surface area contributed by atoms with Crippen LogP contribution in [0.5, 0.6) is 0 Å². The zero-order valence-electron chi connectivity index (χ0n) is 10.7. The van der Waals surface area contributed by atoms with Crippen LogP contribution in [0.15, 0.2) is 27.4 Å². The van der Waals surface area contributed by atoms with Gasteiger partial charge in [-0.15, -0.1) is 10.2 Å². The van der Waals surface area contributed by atoms with Gasteiger partial charge in [0.05, 0.1) is 5.56 Å². The van der Waals surface area contributed by atoms with Crippen LogP contribution in [0.4, 0.5) is 5.13 Å². The third-order valence-corrected chi connectivity index (χ3v) is 4.54. The third-order valence-electron chi connectivity index (χ3n) is 2.41. The number of carboxylic acid groups (broad SMARTS) is 1. The number of hydrogen-bond donors (Lipinski definition) is 1. The van der Waals surface area contributed by atoms with E-state index in [1.807, 2.05) is 25.1 Å². The molecule has 1 heterocycles. The van der Waals surface area contributed by atoms with E-state index in [0.717, 1.165) is 19.9 Å². The summed E-state index contributed by atoms with van der Waals surface area (Å²) < 4.78 is 0.839. The summed E-state index contributed by atoms with van der Waals surface area (Å²) in [5.41, 5.74) is 1.07. The molecule has 0 saturated heterocycles. The van der Waals surface area contributed by atoms with Crippen molar-refractivity contribution in [3.8, 4) is 0 Å². The van der Waals surface area contributed by atoms with Gasteiger partial charge in [0.1, 0.15) is 0 Å². The Morgan fingerprint density at radius 1 is 1.37 bits per heavy atom. The maximum Gasteiger partial charge on any atom is 0.335 e. The predicted molar refractivity (Wildman–Crippen MR) is 76.5 cm³/mol. The number of rotatable bonds is 4. The number of aryl methyl sites for hydroxylation is 1. The molecule has 0 bridgehead atoms. The minimum Gasteiger partial charge on any atom is -0.478 e. The van der Waals surface area contributed by atoms with E-state index in [1.54, 1.807) is 19.1 Å². The maximum atomic E-state index is 10.9. The molecule has 0 fully saturated rings. The summed E-state index contributed by atoms with van der Waals surface area (Å²) in [6.45, 7) is 1.79. The molecule has 0 radical (unpaired) electrons. The predicted octanol–water partition coefficient (Wildman–Crippen LogP) is 2.76. The quantitative estimate of drug-likeness (QED) is 0.935. The molecule has 19 heavy (non-hydrogen) atoms. The fourth-order valence-electron chi connectivity index (χ4n) is 1.46. The minimum absolute atomic E-state index is 0.329. The van der Waals surface area contributed by atoms with Crippen LogP contribution in [0, 0.1) is 6.92 Å². The first kappa shape index (κ1) is 13.8. The Hall–Kier alpha value is -1.60. The van der Waals surface area contributed by atoms with E-state index in [1.165, 1.54) is 23.1 Å². The summed E-state index contributed by atoms with van der Waals surface area (Å²) in [6, 6.07) is 5.26. The number of aromatic nitrogens is 2. The Kier molecular flexibility index (Phi) is 4.06. The number of aromatic carboxylic acids is 1. The highest BCUT2D eigenvalue weighted by Crippen LogP contribution is 2.33. The summed E-state index contributed by atoms with van der Waals surface area (Å²) in [7, 11) is 3.83. The van der Waals surface area contributed by atoms with Crippen molar-refractivity contribution in [2.45, 2.75) is 16.2 Å². The van der Waals surface area contributed by atoms with Gasteiger partial charge in [0, 0.05) is 19.0 Å². The van der Waals surface area contributed by atoms with E-state index in [9.17, 15) is 4.79 Å². The molecule has 1 N–H and O–H groups in total. The monoisotopic (exact) mass is 295 g/mol. The Morgan fingerprint density at radius 3 is 2.63 bits per heavy atom. The van der Waals surface area contributed by atoms with Gasteiger partial charge >= 0.3 is 5.97 Å². The van der Waals surface area contributed by atoms with Crippen molar-refractivity contribution in [2.24, 2.45) is 0 Å². The second-order valence-corrected chi connectivity index (χ2v) is 6.41. The van der Waals surface area contributed by atoms with Gasteiger partial charge in [0.15, 0.2) is 4.34 Å². The Morgan fingerprint density at radius 2 is 2.11 bits per heavy atom. The van der Waals surface area contributed by atoms with Crippen LogP contribution in [0.25, 0.3) is 0 Å². The number of hydrogen-bond acceptors (Lipinski definition) is 6. The van der Waals surface area contributed by atoms with Crippen molar-refractivity contribution in [3.63, 3.8) is 0 Å². The molecule has 0 amide bonds. The molecular weight excluding hydrogens is 282 g/mol. The highest BCUT2D eigenvalue weighted by atomic mass is 32.2. The SMILES string of the molecule is Cc1cc(Sc2nnc(N(C)C)s2)ccc1C(=O)O. The van der Waals surface area contributed by atoms with Gasteiger partial charge in [-0.1, -0.05) is 23.1 Å². The molecule has 2 aromatic rings. The molecular formula is C12H13N3O2S2. The van der Waals surface area contributed by atoms with Crippen molar-refractivity contribution in [1.29, 1.82) is 0 Å². The van der Waals surface area contributed by atoms with E-state index < -0.39 is 5.97 Å². The van der Waals surface area contributed by atoms with Crippen LogP contribution >= 0.6 is 23.1 Å². The highest BCUT2D eigenvalue weighted by molar-refractivity contribution is 8.01. The van der Waals surface area contributed by atoms with Crippen LogP contribution in [0.3, 0.4) is 0 Å². The fraction of sp³-hybridized carbons (Fsp3) is 0.250. The smallest absolute Gasteiger partial charge is 0.335 e. The molecule has 7 heteroatoms. The van der Waals surface area contributed by atoms with Gasteiger partial charge in [-0.3, -0.25) is 0 Å². The Labute approximate surface area is 119 Å². The summed E-state index contributed by atoms with van der Waals surface area (Å²) in [6.07, 6.45) is 0. The number of nitrogens with zero attached hydrogens (tertiary/aromatic N) is 3. The van der Waals surface area contributed by atoms with Crippen LogP contribution in [0.2, 0.25) is 0 Å². The highest BCUT2D eigenvalue weighted by Gasteiger charge is 2.10. The molecule has 0 atom stereocenters. The summed E-state index contributed by atoms with van der Waals surface area (Å²) >= 11 is 2.99. The molecule has 0 aliphatic heterocycles. The van der Waals surface area contributed by atoms with Crippen LogP contribution in [-0.2, 0) is 0 Å². The van der Waals surface area contributed by atoms with E-state index in [0.29, 0.717) is 5.56 Å². The molecule has 0 unspecified atom stereocenters. The molecule has 1 aromatic heterocycles. The minimum atomic E-state index is -0.903. The third kappa shape index (κ3) is 3.24. The van der Waals surface area contributed by atoms with Crippen molar-refractivity contribution >= 4 is 34.2 Å². The molecule has 2 rings (SSSR count). The average molecular weight is 295 g/mol. The Bertz CT molecular complexity index is 611. The lowest BCUT2D eigenvalue weighted by molar-refractivity contribution is 0.0696. The van der Waals surface area contributed by atoms with Gasteiger partial charge < -0.3 is 10.0 Å². The first-order chi connectivity index (χ1) is 8.97. The van der Waals surface area contributed by atoms with Gasteiger partial charge in [-0.2, -0.15) is 0 Å². The topological polar surface area (TPSA) is 66.3 Å². The Balaban J connectivity index is 2.19. The number of carbonyl (C=O) groups is 1. The van der Waals surface area contributed by atoms with E-state index in [-0.39, 0.29) is 0 Å². The standard InChI is InChI=1S/C12H13N3O2S2/c1-7-6-8(4-5-9(7)10(16)17)18-12-14-13-11(19-12)15(2)3/h4-6H,1-3H3,(H,16,17). The lowest BCUT2D eigenvalue weighted by Crippen LogP contribution is -2.07. The summed E-state index contributed by atoms with van der Waals surface area (Å²) in [5.74, 6) is -0.903. The zero-order valence-corrected chi connectivity index (χ0v) is 12.4. The van der Waals surface area contributed by atoms with E-state index in [4.69, 9.17) is 5.11 Å². The molecule has 0 aliphatic rings. The van der Waals surface area contributed by atoms with Gasteiger partial charge in [-0.25, -0.2) is 4.79 Å². The van der Waals surface area contributed by atoms with Crippen molar-refractivity contribution < 1.29 is 9.90 Å². The normalized spacial score (nSPS) is 10.5. The summed E-state index contributed by atoms with van der Waals surface area (Å²) in [5, 5.41) is 18.0. The second kappa shape index (κ2) is 5.58. The number of benzene rings is 1. The number of anilines is 1. The molecule has 0 spiro atoms. The van der Waals surface area contributed by atoms with Crippen molar-refractivity contribution in [3.05, 3.63) is 29.3 Å². The van der Waals surface area contributed by atoms with E-state index in [2.05, 4.69) is 10.2 Å². The lowest BCUT2D eigenvalue weighted by Gasteiger charge is -2.04. The van der Waals surface area contributed by atoms with Crippen LogP contribution < -0.4 is 4.90 Å². The number of carboxylic acids is 1. The molecule has 100 valence electrons. The van der Waals surface area contributed by atoms with Gasteiger partial charge in [0.25, 0.3) is 0 Å². The van der Waals surface area contributed by atoms with Crippen molar-refractivity contribution in [1.82, 2.24) is 10.2 Å². The first-order valence-electron chi connectivity index (χ1n) is 5.50. The van der Waals surface area contributed by atoms with Gasteiger partial charge in [0.2, 0.25) is 5.13 Å². The van der Waals surface area contributed by atoms with Crippen molar-refractivity contribution in [2.75, 3.05) is 19.0 Å². The fourth-order valence-corrected chi connectivity index (χ4v) is 3.30. The average Bonchev–Trinajstić information content (AvgIpc) is 2.77. The van der Waals surface area contributed by atoms with Crippen LogP contribution in [0.1, 0.15) is 15.9 Å². The molecule has 1 aromatic carbocycles. The van der Waals surface area contributed by atoms with Crippen LogP contribution in [-0.4, -0.2) is 35.4 Å². The molecule has 5 nitrogen and oxygen atoms in total. The molecule has 0 saturated carbocycles. The van der Waals surface area contributed by atoms with E-state index >= 15 is 0 Å². The largest absolute Gasteiger partial charge is 0.478 e. The maximum absolute atomic E-state index is 10.9. The lowest BCUT2D eigenvalue weighted by atomic mass is 10.1. The second-order valence-electron chi connectivity index (χ2n) is 4.13. The first-order valence-corrected chi connectivity index (χ1v) is 7.13. The zero-order chi connectivity index (χ0) is 14.0. The summed E-state index contributed by atoms with van der Waals surface area (Å²) in [4.78, 5) is 13.8. The molecule has 0 aliphatic carbocycles.